The number of aliphatic imine (C=N–C) groups is 1. The summed E-state index contributed by atoms with van der Waals surface area (Å²) in [7, 11) is 1.29. The number of aliphatic carboxylic acids is 1. The zero-order valence-electron chi connectivity index (χ0n) is 16.0. The van der Waals surface area contributed by atoms with Gasteiger partial charge in [-0.05, 0) is 47.7 Å². The van der Waals surface area contributed by atoms with Crippen molar-refractivity contribution in [1.82, 2.24) is 5.32 Å². The Bertz CT molecular complexity index is 1030. The molecule has 2 aromatic rings. The van der Waals surface area contributed by atoms with Crippen LogP contribution in [0.1, 0.15) is 22.3 Å². The number of carboxylic acids is 1. The lowest BCUT2D eigenvalue weighted by Crippen LogP contribution is -2.19. The highest BCUT2D eigenvalue weighted by atomic mass is 32.2. The number of hydrogen-bond donors (Lipinski definition) is 2. The van der Waals surface area contributed by atoms with E-state index in [1.807, 2.05) is 0 Å². The minimum atomic E-state index is -0.924. The molecule has 0 saturated carbocycles. The molecule has 0 atom stereocenters. The molecule has 0 radical (unpaired) electrons. The highest BCUT2D eigenvalue weighted by Gasteiger charge is 2.24. The molecular formula is C21H18N2O6S. The summed E-state index contributed by atoms with van der Waals surface area (Å²) >= 11 is 1.16. The van der Waals surface area contributed by atoms with Crippen LogP contribution >= 0.6 is 11.8 Å². The topological polar surface area (TPSA) is 114 Å². The van der Waals surface area contributed by atoms with Crippen molar-refractivity contribution >= 4 is 46.5 Å². The fourth-order valence-corrected chi connectivity index (χ4v) is 3.35. The molecule has 3 rings (SSSR count). The summed E-state index contributed by atoms with van der Waals surface area (Å²) in [5, 5.41) is 11.7. The molecule has 2 N–H and O–H groups in total. The Balaban J connectivity index is 1.72. The lowest BCUT2D eigenvalue weighted by Gasteiger charge is -2.04. The van der Waals surface area contributed by atoms with Crippen LogP contribution in [-0.4, -0.2) is 41.8 Å². The lowest BCUT2D eigenvalue weighted by molar-refractivity contribution is -0.137. The summed E-state index contributed by atoms with van der Waals surface area (Å²) in [5.41, 5.74) is 1.48. The maximum atomic E-state index is 12.3. The van der Waals surface area contributed by atoms with Gasteiger partial charge in [-0.25, -0.2) is 9.79 Å². The van der Waals surface area contributed by atoms with Gasteiger partial charge in [0.2, 0.25) is 0 Å². The number of nitrogens with zero attached hydrogens (tertiary/aromatic N) is 1. The van der Waals surface area contributed by atoms with Crippen LogP contribution < -0.4 is 10.1 Å². The fourth-order valence-electron chi connectivity index (χ4n) is 2.51. The standard InChI is InChI=1S/C21H18N2O6S/c1-28-20(27)15-4-2-3-5-16(15)22-21-23-19(26)17(30-21)12-13-6-8-14(9-7-13)29-11-10-18(24)25/h2-9,12H,10-11H2,1H3,(H,24,25)(H,22,23,26)/b17-12+. The maximum Gasteiger partial charge on any atom is 0.340 e. The third-order valence-electron chi connectivity index (χ3n) is 3.94. The van der Waals surface area contributed by atoms with Gasteiger partial charge in [0.15, 0.2) is 5.17 Å². The SMILES string of the molecule is COC(=O)c1ccccc1N=C1NC(=O)/C(=C\c2ccc(OCCC(=O)O)cc2)S1. The Hall–Kier alpha value is -3.59. The van der Waals surface area contributed by atoms with Gasteiger partial charge < -0.3 is 19.9 Å². The Morgan fingerprint density at radius 3 is 2.60 bits per heavy atom. The van der Waals surface area contributed by atoms with Gasteiger partial charge in [-0.15, -0.1) is 0 Å². The van der Waals surface area contributed by atoms with Crippen molar-refractivity contribution in [2.24, 2.45) is 4.99 Å². The number of amidine groups is 1. The number of carboxylic acid groups (broad SMARTS) is 1. The molecule has 0 aliphatic carbocycles. The summed E-state index contributed by atoms with van der Waals surface area (Å²) in [4.78, 5) is 39.5. The van der Waals surface area contributed by atoms with Crippen molar-refractivity contribution in [2.75, 3.05) is 13.7 Å². The Labute approximate surface area is 176 Å². The van der Waals surface area contributed by atoms with E-state index >= 15 is 0 Å². The fraction of sp³-hybridized carbons (Fsp3) is 0.143. The van der Waals surface area contributed by atoms with Gasteiger partial charge in [0, 0.05) is 0 Å². The van der Waals surface area contributed by atoms with Crippen LogP contribution in [0.25, 0.3) is 6.08 Å². The van der Waals surface area contributed by atoms with Gasteiger partial charge >= 0.3 is 11.9 Å². The number of methoxy groups -OCH3 is 1. The molecule has 1 amide bonds. The zero-order valence-corrected chi connectivity index (χ0v) is 16.8. The van der Waals surface area contributed by atoms with E-state index in [0.717, 1.165) is 17.3 Å². The zero-order chi connectivity index (χ0) is 21.5. The van der Waals surface area contributed by atoms with Gasteiger partial charge in [0.1, 0.15) is 5.75 Å². The van der Waals surface area contributed by atoms with Gasteiger partial charge in [0.25, 0.3) is 5.91 Å². The van der Waals surface area contributed by atoms with Crippen LogP contribution in [0.4, 0.5) is 5.69 Å². The number of carbonyl (C=O) groups excluding carboxylic acids is 2. The number of esters is 1. The molecule has 8 nitrogen and oxygen atoms in total. The van der Waals surface area contributed by atoms with Crippen molar-refractivity contribution < 1.29 is 29.0 Å². The number of ether oxygens (including phenoxy) is 2. The van der Waals surface area contributed by atoms with Gasteiger partial charge in [-0.2, -0.15) is 0 Å². The molecular weight excluding hydrogens is 408 g/mol. The van der Waals surface area contributed by atoms with E-state index in [2.05, 4.69) is 10.3 Å². The monoisotopic (exact) mass is 426 g/mol. The maximum absolute atomic E-state index is 12.3. The first-order valence-electron chi connectivity index (χ1n) is 8.88. The Morgan fingerprint density at radius 1 is 1.17 bits per heavy atom. The van der Waals surface area contributed by atoms with Crippen LogP contribution in [0.5, 0.6) is 5.75 Å². The minimum Gasteiger partial charge on any atom is -0.493 e. The highest BCUT2D eigenvalue weighted by Crippen LogP contribution is 2.29. The second kappa shape index (κ2) is 9.75. The average Bonchev–Trinajstić information content (AvgIpc) is 3.07. The molecule has 0 unspecified atom stereocenters. The third kappa shape index (κ3) is 5.48. The number of benzene rings is 2. The lowest BCUT2D eigenvalue weighted by atomic mass is 10.2. The summed E-state index contributed by atoms with van der Waals surface area (Å²) in [6.07, 6.45) is 1.62. The first-order valence-corrected chi connectivity index (χ1v) is 9.69. The smallest absolute Gasteiger partial charge is 0.340 e. The van der Waals surface area contributed by atoms with Crippen LogP contribution in [-0.2, 0) is 14.3 Å². The van der Waals surface area contributed by atoms with E-state index in [-0.39, 0.29) is 18.9 Å². The molecule has 1 heterocycles. The van der Waals surface area contributed by atoms with Crippen molar-refractivity contribution in [3.8, 4) is 5.75 Å². The minimum absolute atomic E-state index is 0.0795. The molecule has 1 fully saturated rings. The molecule has 1 aliphatic heterocycles. The predicted molar refractivity (Wildman–Crippen MR) is 113 cm³/mol. The summed E-state index contributed by atoms with van der Waals surface area (Å²) in [6, 6.07) is 13.6. The van der Waals surface area contributed by atoms with Crippen LogP contribution in [0.15, 0.2) is 58.4 Å². The quantitative estimate of drug-likeness (QED) is 0.516. The van der Waals surface area contributed by atoms with Gasteiger partial charge in [-0.1, -0.05) is 24.3 Å². The largest absolute Gasteiger partial charge is 0.493 e. The number of rotatable bonds is 7. The number of hydrogen-bond acceptors (Lipinski definition) is 7. The van der Waals surface area contributed by atoms with E-state index in [0.29, 0.717) is 27.1 Å². The number of nitrogens with one attached hydrogen (secondary N) is 1. The van der Waals surface area contributed by atoms with Crippen molar-refractivity contribution in [1.29, 1.82) is 0 Å². The number of para-hydroxylation sites is 1. The van der Waals surface area contributed by atoms with Crippen LogP contribution in [0, 0.1) is 0 Å². The molecule has 154 valence electrons. The van der Waals surface area contributed by atoms with Crippen molar-refractivity contribution in [3.63, 3.8) is 0 Å². The van der Waals surface area contributed by atoms with E-state index in [1.165, 1.54) is 7.11 Å². The van der Waals surface area contributed by atoms with Crippen LogP contribution in [0.2, 0.25) is 0 Å². The first-order chi connectivity index (χ1) is 14.5. The third-order valence-corrected chi connectivity index (χ3v) is 4.85. The van der Waals surface area contributed by atoms with E-state index < -0.39 is 11.9 Å². The van der Waals surface area contributed by atoms with Crippen LogP contribution in [0.3, 0.4) is 0 Å². The second-order valence-electron chi connectivity index (χ2n) is 6.05. The molecule has 2 aromatic carbocycles. The van der Waals surface area contributed by atoms with Gasteiger partial charge in [0.05, 0.1) is 36.3 Å². The molecule has 1 aliphatic rings. The average molecular weight is 426 g/mol. The summed E-state index contributed by atoms with van der Waals surface area (Å²) in [5.74, 6) is -1.18. The molecule has 0 spiro atoms. The summed E-state index contributed by atoms with van der Waals surface area (Å²) in [6.45, 7) is 0.0842. The van der Waals surface area contributed by atoms with E-state index in [4.69, 9.17) is 14.6 Å². The molecule has 1 saturated heterocycles. The molecule has 0 aromatic heterocycles. The van der Waals surface area contributed by atoms with Crippen molar-refractivity contribution in [2.45, 2.75) is 6.42 Å². The number of carbonyl (C=O) groups is 3. The van der Waals surface area contributed by atoms with Crippen molar-refractivity contribution in [3.05, 3.63) is 64.6 Å². The normalized spacial score (nSPS) is 15.8. The first kappa shape index (κ1) is 21.1. The number of thioether (sulfide) groups is 1. The number of amides is 1. The summed E-state index contributed by atoms with van der Waals surface area (Å²) < 4.78 is 10.1. The molecule has 9 heteroatoms. The molecule has 30 heavy (non-hydrogen) atoms. The highest BCUT2D eigenvalue weighted by molar-refractivity contribution is 8.18. The Morgan fingerprint density at radius 2 is 1.90 bits per heavy atom. The Kier molecular flexibility index (Phi) is 6.87. The second-order valence-corrected chi connectivity index (χ2v) is 7.08. The predicted octanol–water partition coefficient (Wildman–Crippen LogP) is 3.22. The molecule has 0 bridgehead atoms. The van der Waals surface area contributed by atoms with Gasteiger partial charge in [-0.3, -0.25) is 9.59 Å². The van der Waals surface area contributed by atoms with E-state index in [1.54, 1.807) is 54.6 Å². The van der Waals surface area contributed by atoms with E-state index in [9.17, 15) is 14.4 Å².